The Morgan fingerprint density at radius 3 is 2.40 bits per heavy atom. The third-order valence-electron chi connectivity index (χ3n) is 3.67. The van der Waals surface area contributed by atoms with Gasteiger partial charge >= 0.3 is 0 Å². The van der Waals surface area contributed by atoms with Crippen molar-refractivity contribution in [1.82, 2.24) is 0 Å². The van der Waals surface area contributed by atoms with Crippen LogP contribution in [0.1, 0.15) is 5.56 Å². The van der Waals surface area contributed by atoms with Crippen LogP contribution in [0.15, 0.2) is 47.4 Å². The summed E-state index contributed by atoms with van der Waals surface area (Å²) in [5, 5.41) is 1.05. The Morgan fingerprint density at radius 2 is 1.80 bits per heavy atom. The van der Waals surface area contributed by atoms with Crippen molar-refractivity contribution in [1.29, 1.82) is 0 Å². The van der Waals surface area contributed by atoms with Crippen LogP contribution in [0.3, 0.4) is 0 Å². The van der Waals surface area contributed by atoms with E-state index in [9.17, 15) is 4.79 Å². The highest BCUT2D eigenvalue weighted by atomic mass is 35.5. The molecule has 1 saturated heterocycles. The fourth-order valence-corrected chi connectivity index (χ4v) is 4.10. The predicted octanol–water partition coefficient (Wildman–Crippen LogP) is 5.47. The largest absolute Gasteiger partial charge is 0.378 e. The number of carbonyl (C=O) groups excluding carboxylic acids is 1. The summed E-state index contributed by atoms with van der Waals surface area (Å²) < 4.78 is 0.499. The van der Waals surface area contributed by atoms with Crippen molar-refractivity contribution in [2.45, 2.75) is 0 Å². The predicted molar refractivity (Wildman–Crippen MR) is 113 cm³/mol. The summed E-state index contributed by atoms with van der Waals surface area (Å²) in [4.78, 5) is 16.9. The number of benzene rings is 2. The molecule has 0 bridgehead atoms. The lowest BCUT2D eigenvalue weighted by molar-refractivity contribution is -0.113. The lowest BCUT2D eigenvalue weighted by Gasteiger charge is -2.17. The number of halogens is 2. The lowest BCUT2D eigenvalue weighted by atomic mass is 10.2. The molecule has 3 nitrogen and oxygen atoms in total. The molecule has 1 amide bonds. The minimum atomic E-state index is -0.154. The second kappa shape index (κ2) is 7.38. The Balaban J connectivity index is 1.90. The molecule has 0 spiro atoms. The summed E-state index contributed by atoms with van der Waals surface area (Å²) >= 11 is 18.8. The van der Waals surface area contributed by atoms with Crippen LogP contribution in [0.4, 0.5) is 11.4 Å². The van der Waals surface area contributed by atoms with E-state index in [4.69, 9.17) is 35.4 Å². The number of nitrogens with zero attached hydrogens (tertiary/aromatic N) is 2. The van der Waals surface area contributed by atoms with E-state index in [1.54, 1.807) is 24.3 Å². The zero-order chi connectivity index (χ0) is 18.1. The molecule has 1 fully saturated rings. The monoisotopic (exact) mass is 408 g/mol. The number of thiocarbonyl (C=S) groups is 1. The van der Waals surface area contributed by atoms with E-state index >= 15 is 0 Å². The Hall–Kier alpha value is -1.53. The van der Waals surface area contributed by atoms with Crippen molar-refractivity contribution < 1.29 is 4.79 Å². The van der Waals surface area contributed by atoms with Gasteiger partial charge in [-0.1, -0.05) is 53.2 Å². The van der Waals surface area contributed by atoms with Gasteiger partial charge in [0.25, 0.3) is 5.91 Å². The minimum Gasteiger partial charge on any atom is -0.378 e. The van der Waals surface area contributed by atoms with Gasteiger partial charge in [0.05, 0.1) is 10.6 Å². The molecule has 0 radical (unpaired) electrons. The van der Waals surface area contributed by atoms with Crippen LogP contribution in [0.2, 0.25) is 10.0 Å². The minimum absolute atomic E-state index is 0.154. The van der Waals surface area contributed by atoms with Gasteiger partial charge in [-0.25, -0.2) is 0 Å². The van der Waals surface area contributed by atoms with Gasteiger partial charge in [-0.15, -0.1) is 0 Å². The first-order valence-corrected chi connectivity index (χ1v) is 9.35. The molecule has 0 aromatic heterocycles. The lowest BCUT2D eigenvalue weighted by Crippen LogP contribution is -2.27. The molecular formula is C18H14Cl2N2OS2. The average molecular weight is 409 g/mol. The molecule has 0 saturated carbocycles. The molecule has 0 aliphatic carbocycles. The maximum atomic E-state index is 12.8. The van der Waals surface area contributed by atoms with Crippen molar-refractivity contribution in [3.05, 3.63) is 63.0 Å². The van der Waals surface area contributed by atoms with Crippen LogP contribution in [-0.4, -0.2) is 24.3 Å². The van der Waals surface area contributed by atoms with Crippen molar-refractivity contribution in [3.8, 4) is 0 Å². The van der Waals surface area contributed by atoms with E-state index in [2.05, 4.69) is 0 Å². The molecule has 128 valence electrons. The van der Waals surface area contributed by atoms with Gasteiger partial charge in [0.15, 0.2) is 4.32 Å². The summed E-state index contributed by atoms with van der Waals surface area (Å²) in [5.74, 6) is -0.154. The molecule has 0 N–H and O–H groups in total. The third kappa shape index (κ3) is 3.85. The van der Waals surface area contributed by atoms with Gasteiger partial charge in [-0.2, -0.15) is 0 Å². The summed E-state index contributed by atoms with van der Waals surface area (Å²) in [7, 11) is 3.93. The van der Waals surface area contributed by atoms with E-state index in [-0.39, 0.29) is 5.91 Å². The Labute approximate surface area is 166 Å². The normalized spacial score (nSPS) is 16.0. The molecular weight excluding hydrogens is 395 g/mol. The standard InChI is InChI=1S/C18H14Cl2N2OS2/c1-21(2)13-5-7-14(8-6-13)22-17(23)16(25-18(22)24)9-11-3-4-12(19)10-15(11)20/h3-10H,1-2H3/b16-9+. The van der Waals surface area contributed by atoms with E-state index in [1.807, 2.05) is 43.3 Å². The SMILES string of the molecule is CN(C)c1ccc(N2C(=O)/C(=C\c3ccc(Cl)cc3Cl)SC2=S)cc1. The maximum Gasteiger partial charge on any atom is 0.270 e. The number of anilines is 2. The number of rotatable bonds is 3. The van der Waals surface area contributed by atoms with Crippen molar-refractivity contribution >= 4 is 74.9 Å². The number of hydrogen-bond donors (Lipinski definition) is 0. The molecule has 2 aromatic carbocycles. The Morgan fingerprint density at radius 1 is 1.12 bits per heavy atom. The van der Waals surface area contributed by atoms with Crippen LogP contribution >= 0.6 is 47.2 Å². The highest BCUT2D eigenvalue weighted by molar-refractivity contribution is 8.27. The zero-order valence-corrected chi connectivity index (χ0v) is 16.6. The molecule has 1 heterocycles. The molecule has 1 aliphatic rings. The van der Waals surface area contributed by atoms with Gasteiger partial charge in [0.2, 0.25) is 0 Å². The Bertz CT molecular complexity index is 879. The summed E-state index contributed by atoms with van der Waals surface area (Å²) in [6, 6.07) is 12.8. The van der Waals surface area contributed by atoms with Gasteiger partial charge < -0.3 is 4.90 Å². The van der Waals surface area contributed by atoms with E-state index in [1.165, 1.54) is 16.7 Å². The molecule has 3 rings (SSSR count). The second-order valence-electron chi connectivity index (χ2n) is 5.59. The van der Waals surface area contributed by atoms with Crippen molar-refractivity contribution in [3.63, 3.8) is 0 Å². The number of thioether (sulfide) groups is 1. The number of hydrogen-bond acceptors (Lipinski definition) is 4. The fraction of sp³-hybridized carbons (Fsp3) is 0.111. The Kier molecular flexibility index (Phi) is 5.39. The van der Waals surface area contributed by atoms with E-state index in [0.29, 0.717) is 19.3 Å². The molecule has 0 atom stereocenters. The number of carbonyl (C=O) groups is 1. The summed E-state index contributed by atoms with van der Waals surface area (Å²) in [6.45, 7) is 0. The quantitative estimate of drug-likeness (QED) is 0.496. The van der Waals surface area contributed by atoms with E-state index in [0.717, 1.165) is 16.9 Å². The third-order valence-corrected chi connectivity index (χ3v) is 5.53. The first-order valence-electron chi connectivity index (χ1n) is 7.37. The zero-order valence-electron chi connectivity index (χ0n) is 13.5. The number of amides is 1. The van der Waals surface area contributed by atoms with Gasteiger partial charge in [-0.05, 0) is 48.0 Å². The molecule has 2 aromatic rings. The summed E-state index contributed by atoms with van der Waals surface area (Å²) in [6.07, 6.45) is 1.74. The smallest absolute Gasteiger partial charge is 0.270 e. The maximum absolute atomic E-state index is 12.8. The highest BCUT2D eigenvalue weighted by Gasteiger charge is 2.33. The first kappa shape index (κ1) is 18.3. The molecule has 1 aliphatic heterocycles. The van der Waals surface area contributed by atoms with Gasteiger partial charge in [0.1, 0.15) is 0 Å². The molecule has 25 heavy (non-hydrogen) atoms. The van der Waals surface area contributed by atoms with Crippen LogP contribution in [-0.2, 0) is 4.79 Å². The highest BCUT2D eigenvalue weighted by Crippen LogP contribution is 2.37. The topological polar surface area (TPSA) is 23.6 Å². The van der Waals surface area contributed by atoms with Crippen molar-refractivity contribution in [2.24, 2.45) is 0 Å². The van der Waals surface area contributed by atoms with Crippen molar-refractivity contribution in [2.75, 3.05) is 23.9 Å². The van der Waals surface area contributed by atoms with Crippen LogP contribution in [0, 0.1) is 0 Å². The van der Waals surface area contributed by atoms with Crippen LogP contribution in [0.5, 0.6) is 0 Å². The first-order chi connectivity index (χ1) is 11.9. The van der Waals surface area contributed by atoms with Crippen LogP contribution < -0.4 is 9.80 Å². The molecule has 0 unspecified atom stereocenters. The van der Waals surface area contributed by atoms with Gasteiger partial charge in [0, 0.05) is 29.8 Å². The second-order valence-corrected chi connectivity index (χ2v) is 8.11. The average Bonchev–Trinajstić information content (AvgIpc) is 2.84. The van der Waals surface area contributed by atoms with E-state index < -0.39 is 0 Å². The summed E-state index contributed by atoms with van der Waals surface area (Å²) in [5.41, 5.74) is 2.53. The van der Waals surface area contributed by atoms with Gasteiger partial charge in [-0.3, -0.25) is 9.69 Å². The molecule has 7 heteroatoms. The fourth-order valence-electron chi connectivity index (χ4n) is 2.35. The van der Waals surface area contributed by atoms with Crippen LogP contribution in [0.25, 0.3) is 6.08 Å².